The molecule has 0 bridgehead atoms. The van der Waals surface area contributed by atoms with E-state index in [-0.39, 0.29) is 41.5 Å². The lowest BCUT2D eigenvalue weighted by Gasteiger charge is -2.46. The van der Waals surface area contributed by atoms with Crippen molar-refractivity contribution < 1.29 is 24.1 Å². The molecule has 7 heteroatoms. The molecule has 28 heavy (non-hydrogen) atoms. The zero-order valence-electron chi connectivity index (χ0n) is 16.5. The molecule has 0 radical (unpaired) electrons. The Kier molecular flexibility index (Phi) is 7.65. The van der Waals surface area contributed by atoms with Gasteiger partial charge in [0.1, 0.15) is 24.1 Å². The molecule has 1 N–H and O–H groups in total. The van der Waals surface area contributed by atoms with Crippen molar-refractivity contribution in [1.29, 1.82) is 0 Å². The zero-order valence-corrected chi connectivity index (χ0v) is 18.8. The summed E-state index contributed by atoms with van der Waals surface area (Å²) in [5, 5.41) is 10.5. The Labute approximate surface area is 180 Å². The van der Waals surface area contributed by atoms with Gasteiger partial charge in [0.2, 0.25) is 0 Å². The van der Waals surface area contributed by atoms with E-state index in [1.54, 1.807) is 0 Å². The minimum absolute atomic E-state index is 0.0262. The molecular weight excluding hydrogens is 448 g/mol. The number of aliphatic hydroxyl groups is 1. The Balaban J connectivity index is 1.61. The smallest absolute Gasteiger partial charge is 0.159 e. The van der Waals surface area contributed by atoms with Crippen molar-refractivity contribution in [3.05, 3.63) is 22.9 Å². The van der Waals surface area contributed by atoms with Gasteiger partial charge in [0.05, 0.1) is 18.3 Å². The van der Waals surface area contributed by atoms with Crippen LogP contribution in [0.15, 0.2) is 22.9 Å². The molecule has 3 aliphatic rings. The van der Waals surface area contributed by atoms with Gasteiger partial charge in [-0.15, -0.1) is 11.6 Å². The highest BCUT2D eigenvalue weighted by molar-refractivity contribution is 9.11. The lowest BCUT2D eigenvalue weighted by atomic mass is 9.83. The van der Waals surface area contributed by atoms with Crippen LogP contribution in [0.1, 0.15) is 52.4 Å². The maximum absolute atomic E-state index is 12.3. The van der Waals surface area contributed by atoms with E-state index in [0.717, 1.165) is 23.7 Å². The maximum Gasteiger partial charge on any atom is 0.159 e. The molecule has 8 atom stereocenters. The van der Waals surface area contributed by atoms with Gasteiger partial charge in [-0.05, 0) is 36.6 Å². The fraction of sp³-hybridized carbons (Fsp3) is 0.762. The molecule has 3 rings (SSSR count). The maximum atomic E-state index is 12.3. The number of aliphatic hydroxyl groups excluding tert-OH is 1. The van der Waals surface area contributed by atoms with Gasteiger partial charge in [-0.3, -0.25) is 4.79 Å². The molecular formula is C21H30BrClO5. The topological polar surface area (TPSA) is 65.0 Å². The number of hydrogen-bond acceptors (Lipinski definition) is 5. The Hall–Kier alpha value is -0.400. The first-order valence-electron chi connectivity index (χ1n) is 10.2. The number of rotatable bonds is 7. The Bertz CT molecular complexity index is 624. The van der Waals surface area contributed by atoms with Gasteiger partial charge in [0, 0.05) is 23.8 Å². The van der Waals surface area contributed by atoms with Gasteiger partial charge in [0.15, 0.2) is 5.78 Å². The summed E-state index contributed by atoms with van der Waals surface area (Å²) >= 11 is 9.48. The first kappa shape index (κ1) is 22.3. The van der Waals surface area contributed by atoms with E-state index < -0.39 is 12.2 Å². The SMILES string of the molecule is C=C(Br)C[C@H](Cl)CCC(=O)/C=C1/O[C@@H]2C(O[C@H]3CC[C@H](CC)O[C@@H]3[C@@H]2C)[C@H]1O. The first-order valence-corrected chi connectivity index (χ1v) is 11.4. The minimum Gasteiger partial charge on any atom is -0.489 e. The molecule has 1 unspecified atom stereocenters. The van der Waals surface area contributed by atoms with Gasteiger partial charge in [-0.1, -0.05) is 36.4 Å². The Morgan fingerprint density at radius 2 is 2.11 bits per heavy atom. The van der Waals surface area contributed by atoms with Gasteiger partial charge >= 0.3 is 0 Å². The second-order valence-corrected chi connectivity index (χ2v) is 9.84. The number of alkyl halides is 1. The third-order valence-corrected chi connectivity index (χ3v) is 6.66. The van der Waals surface area contributed by atoms with Crippen LogP contribution >= 0.6 is 27.5 Å². The van der Waals surface area contributed by atoms with Crippen LogP contribution in [0.4, 0.5) is 0 Å². The predicted octanol–water partition coefficient (Wildman–Crippen LogP) is 4.25. The fourth-order valence-electron chi connectivity index (χ4n) is 4.37. The molecule has 3 saturated heterocycles. The number of hydrogen-bond donors (Lipinski definition) is 1. The summed E-state index contributed by atoms with van der Waals surface area (Å²) in [6.07, 6.45) is 4.27. The van der Waals surface area contributed by atoms with Crippen LogP contribution in [-0.4, -0.2) is 52.9 Å². The number of fused-ring (bicyclic) bond motifs is 2. The highest BCUT2D eigenvalue weighted by Gasteiger charge is 2.54. The van der Waals surface area contributed by atoms with Crippen molar-refractivity contribution in [1.82, 2.24) is 0 Å². The van der Waals surface area contributed by atoms with Gasteiger partial charge in [0.25, 0.3) is 0 Å². The third-order valence-electron chi connectivity index (χ3n) is 5.96. The van der Waals surface area contributed by atoms with E-state index >= 15 is 0 Å². The lowest BCUT2D eigenvalue weighted by Crippen LogP contribution is -2.57. The number of halogens is 2. The molecule has 0 aromatic heterocycles. The number of carbonyl (C=O) groups excluding carboxylic acids is 1. The summed E-state index contributed by atoms with van der Waals surface area (Å²) in [7, 11) is 0. The average molecular weight is 478 g/mol. The fourth-order valence-corrected chi connectivity index (χ4v) is 5.25. The average Bonchev–Trinajstić information content (AvgIpc) is 2.96. The molecule has 0 aliphatic carbocycles. The molecule has 3 aliphatic heterocycles. The number of carbonyl (C=O) groups is 1. The molecule has 0 saturated carbocycles. The monoisotopic (exact) mass is 476 g/mol. The summed E-state index contributed by atoms with van der Waals surface area (Å²) < 4.78 is 19.2. The molecule has 3 fully saturated rings. The van der Waals surface area contributed by atoms with Gasteiger partial charge < -0.3 is 19.3 Å². The highest BCUT2D eigenvalue weighted by Crippen LogP contribution is 2.43. The molecule has 0 aromatic rings. The van der Waals surface area contributed by atoms with Crippen molar-refractivity contribution in [2.24, 2.45) is 5.92 Å². The predicted molar refractivity (Wildman–Crippen MR) is 112 cm³/mol. The summed E-state index contributed by atoms with van der Waals surface area (Å²) in [4.78, 5) is 12.3. The van der Waals surface area contributed by atoms with E-state index in [0.29, 0.717) is 25.0 Å². The van der Waals surface area contributed by atoms with Crippen molar-refractivity contribution in [2.75, 3.05) is 0 Å². The van der Waals surface area contributed by atoms with E-state index in [1.807, 2.05) is 0 Å². The van der Waals surface area contributed by atoms with Crippen molar-refractivity contribution in [3.63, 3.8) is 0 Å². The van der Waals surface area contributed by atoms with Crippen molar-refractivity contribution in [2.45, 2.75) is 94.4 Å². The summed E-state index contributed by atoms with van der Waals surface area (Å²) in [5.74, 6) is 0.283. The zero-order chi connectivity index (χ0) is 20.4. The first-order chi connectivity index (χ1) is 13.3. The third kappa shape index (κ3) is 5.01. The molecule has 5 nitrogen and oxygen atoms in total. The molecule has 3 heterocycles. The quantitative estimate of drug-likeness (QED) is 0.439. The largest absolute Gasteiger partial charge is 0.489 e. The van der Waals surface area contributed by atoms with Crippen LogP contribution < -0.4 is 0 Å². The van der Waals surface area contributed by atoms with Crippen LogP contribution in [0.5, 0.6) is 0 Å². The normalized spacial score (nSPS) is 39.8. The van der Waals surface area contributed by atoms with E-state index in [2.05, 4.69) is 36.4 Å². The summed E-state index contributed by atoms with van der Waals surface area (Å²) in [6.45, 7) is 7.97. The van der Waals surface area contributed by atoms with Crippen LogP contribution in [0.2, 0.25) is 0 Å². The standard InChI is InChI=1S/C21H30BrClO5/c1-4-15-7-8-16-19(26-15)12(3)20-21(27-16)18(25)17(28-20)10-14(24)6-5-13(23)9-11(2)22/h10,12-13,15-16,18-21,25H,2,4-9H2,1,3H3/b17-10+/t12-,13+,15-,16-,18-,19+,20-,21?/m0/s1. The second-order valence-electron chi connectivity index (χ2n) is 8.10. The number of allylic oxidation sites excluding steroid dienone is 2. The molecule has 158 valence electrons. The van der Waals surface area contributed by atoms with Gasteiger partial charge in [-0.2, -0.15) is 0 Å². The summed E-state index contributed by atoms with van der Waals surface area (Å²) in [6, 6.07) is 0. The van der Waals surface area contributed by atoms with Crippen LogP contribution in [-0.2, 0) is 19.0 Å². The van der Waals surface area contributed by atoms with E-state index in [1.165, 1.54) is 6.08 Å². The van der Waals surface area contributed by atoms with Crippen LogP contribution in [0, 0.1) is 5.92 Å². The number of ketones is 1. The minimum atomic E-state index is -0.921. The van der Waals surface area contributed by atoms with Crippen LogP contribution in [0.25, 0.3) is 0 Å². The number of ether oxygens (including phenoxy) is 3. The van der Waals surface area contributed by atoms with Crippen molar-refractivity contribution >= 4 is 33.3 Å². The second kappa shape index (κ2) is 9.61. The Morgan fingerprint density at radius 3 is 2.79 bits per heavy atom. The Morgan fingerprint density at radius 1 is 1.36 bits per heavy atom. The van der Waals surface area contributed by atoms with E-state index in [4.69, 9.17) is 25.8 Å². The lowest BCUT2D eigenvalue weighted by molar-refractivity contribution is -0.238. The van der Waals surface area contributed by atoms with Gasteiger partial charge in [-0.25, -0.2) is 0 Å². The molecule has 0 aromatic carbocycles. The summed E-state index contributed by atoms with van der Waals surface area (Å²) in [5.41, 5.74) is 0. The van der Waals surface area contributed by atoms with Crippen LogP contribution in [0.3, 0.4) is 0 Å². The molecule has 0 spiro atoms. The highest BCUT2D eigenvalue weighted by atomic mass is 79.9. The molecule has 0 amide bonds. The van der Waals surface area contributed by atoms with E-state index in [9.17, 15) is 9.90 Å². The van der Waals surface area contributed by atoms with Crippen molar-refractivity contribution in [3.8, 4) is 0 Å².